The average molecular weight is 388 g/mol. The molecule has 4 rings (SSSR count). The van der Waals surface area contributed by atoms with Crippen LogP contribution < -0.4 is 10.6 Å². The van der Waals surface area contributed by atoms with Crippen molar-refractivity contribution in [3.8, 4) is 0 Å². The molecule has 0 spiro atoms. The van der Waals surface area contributed by atoms with Gasteiger partial charge in [0.1, 0.15) is 0 Å². The Bertz CT molecular complexity index is 1020. The Labute approximate surface area is 168 Å². The van der Waals surface area contributed by atoms with E-state index < -0.39 is 0 Å². The smallest absolute Gasteiger partial charge is 0.255 e. The topological polar surface area (TPSA) is 58.2 Å². The molecule has 5 heteroatoms. The lowest BCUT2D eigenvalue weighted by Gasteiger charge is -2.17. The Hall–Kier alpha value is -3.05. The molecule has 1 aliphatic heterocycles. The summed E-state index contributed by atoms with van der Waals surface area (Å²) in [5, 5.41) is 5.81. The first-order valence-electron chi connectivity index (χ1n) is 9.19. The van der Waals surface area contributed by atoms with Crippen LogP contribution in [0, 0.1) is 0 Å². The third-order valence-electron chi connectivity index (χ3n) is 4.66. The molecule has 0 atom stereocenters. The standard InChI is InChI=1S/C23H20N2O2S/c26-22-15-28-21-13-12-18(14-20(21)25-22)24-23(27)19-9-5-4-8-17(19)11-10-16-6-2-1-3-7-16/h1-9,12-14H,10-11,15H2,(H,24,27)(H,25,26). The Kier molecular flexibility index (Phi) is 5.44. The fraction of sp³-hybridized carbons (Fsp3) is 0.130. The van der Waals surface area contributed by atoms with Gasteiger partial charge in [-0.3, -0.25) is 9.59 Å². The highest BCUT2D eigenvalue weighted by molar-refractivity contribution is 8.00. The van der Waals surface area contributed by atoms with E-state index >= 15 is 0 Å². The van der Waals surface area contributed by atoms with Crippen LogP contribution in [-0.2, 0) is 17.6 Å². The van der Waals surface area contributed by atoms with Crippen LogP contribution in [0.25, 0.3) is 0 Å². The van der Waals surface area contributed by atoms with Gasteiger partial charge in [0.25, 0.3) is 5.91 Å². The minimum Gasteiger partial charge on any atom is -0.324 e. The van der Waals surface area contributed by atoms with Crippen LogP contribution >= 0.6 is 11.8 Å². The van der Waals surface area contributed by atoms with E-state index in [4.69, 9.17) is 0 Å². The summed E-state index contributed by atoms with van der Waals surface area (Å²) >= 11 is 1.50. The lowest BCUT2D eigenvalue weighted by molar-refractivity contribution is -0.113. The highest BCUT2D eigenvalue weighted by Crippen LogP contribution is 2.33. The summed E-state index contributed by atoms with van der Waals surface area (Å²) in [5.74, 6) is 0.263. The molecule has 3 aromatic carbocycles. The minimum atomic E-state index is -0.140. The number of carbonyl (C=O) groups excluding carboxylic acids is 2. The number of carbonyl (C=O) groups is 2. The predicted molar refractivity (Wildman–Crippen MR) is 114 cm³/mol. The second-order valence-electron chi connectivity index (χ2n) is 6.64. The molecule has 0 fully saturated rings. The monoisotopic (exact) mass is 388 g/mol. The normalized spacial score (nSPS) is 12.8. The van der Waals surface area contributed by atoms with E-state index in [9.17, 15) is 9.59 Å². The van der Waals surface area contributed by atoms with E-state index in [1.165, 1.54) is 17.3 Å². The summed E-state index contributed by atoms with van der Waals surface area (Å²) in [4.78, 5) is 25.5. The molecule has 0 aromatic heterocycles. The van der Waals surface area contributed by atoms with Gasteiger partial charge in [0.15, 0.2) is 0 Å². The van der Waals surface area contributed by atoms with Crippen molar-refractivity contribution < 1.29 is 9.59 Å². The number of fused-ring (bicyclic) bond motifs is 1. The first-order valence-corrected chi connectivity index (χ1v) is 10.2. The molecule has 1 aliphatic rings. The Morgan fingerprint density at radius 3 is 2.61 bits per heavy atom. The van der Waals surface area contributed by atoms with Gasteiger partial charge in [-0.05, 0) is 48.2 Å². The van der Waals surface area contributed by atoms with Gasteiger partial charge in [-0.2, -0.15) is 0 Å². The Balaban J connectivity index is 1.49. The maximum atomic E-state index is 12.9. The summed E-state index contributed by atoms with van der Waals surface area (Å²) in [5.41, 5.74) is 4.36. The molecule has 2 amide bonds. The van der Waals surface area contributed by atoms with E-state index in [0.717, 1.165) is 29.0 Å². The molecule has 0 saturated carbocycles. The zero-order valence-electron chi connectivity index (χ0n) is 15.3. The lowest BCUT2D eigenvalue weighted by atomic mass is 9.99. The Morgan fingerprint density at radius 1 is 0.964 bits per heavy atom. The van der Waals surface area contributed by atoms with Gasteiger partial charge < -0.3 is 10.6 Å². The van der Waals surface area contributed by atoms with Crippen LogP contribution in [0.4, 0.5) is 11.4 Å². The molecule has 4 nitrogen and oxygen atoms in total. The van der Waals surface area contributed by atoms with Crippen LogP contribution in [0.1, 0.15) is 21.5 Å². The predicted octanol–water partition coefficient (Wildman–Crippen LogP) is 4.77. The van der Waals surface area contributed by atoms with Gasteiger partial charge >= 0.3 is 0 Å². The first kappa shape index (κ1) is 18.3. The number of amides is 2. The van der Waals surface area contributed by atoms with E-state index in [1.807, 2.05) is 60.7 Å². The largest absolute Gasteiger partial charge is 0.324 e. The van der Waals surface area contributed by atoms with E-state index in [-0.39, 0.29) is 11.8 Å². The number of nitrogens with one attached hydrogen (secondary N) is 2. The molecule has 140 valence electrons. The summed E-state index contributed by atoms with van der Waals surface area (Å²) in [6.45, 7) is 0. The number of hydrogen-bond donors (Lipinski definition) is 2. The third kappa shape index (κ3) is 4.26. The molecule has 2 N–H and O–H groups in total. The highest BCUT2D eigenvalue weighted by atomic mass is 32.2. The van der Waals surface area contributed by atoms with E-state index in [2.05, 4.69) is 22.8 Å². The number of rotatable bonds is 5. The van der Waals surface area contributed by atoms with Crippen molar-refractivity contribution in [1.82, 2.24) is 0 Å². The maximum Gasteiger partial charge on any atom is 0.255 e. The van der Waals surface area contributed by atoms with E-state index in [0.29, 0.717) is 17.0 Å². The zero-order chi connectivity index (χ0) is 19.3. The van der Waals surface area contributed by atoms with Crippen molar-refractivity contribution >= 4 is 35.0 Å². The molecule has 1 heterocycles. The van der Waals surface area contributed by atoms with Crippen molar-refractivity contribution in [2.45, 2.75) is 17.7 Å². The van der Waals surface area contributed by atoms with Gasteiger partial charge in [0.05, 0.1) is 11.4 Å². The van der Waals surface area contributed by atoms with Crippen LogP contribution in [0.15, 0.2) is 77.7 Å². The lowest BCUT2D eigenvalue weighted by Crippen LogP contribution is -2.19. The maximum absolute atomic E-state index is 12.9. The SMILES string of the molecule is O=C1CSc2ccc(NC(=O)c3ccccc3CCc3ccccc3)cc2N1. The summed E-state index contributed by atoms with van der Waals surface area (Å²) < 4.78 is 0. The molecule has 0 unspecified atom stereocenters. The van der Waals surface area contributed by atoms with Crippen molar-refractivity contribution in [3.63, 3.8) is 0 Å². The fourth-order valence-electron chi connectivity index (χ4n) is 3.24. The van der Waals surface area contributed by atoms with Crippen LogP contribution in [-0.4, -0.2) is 17.6 Å². The highest BCUT2D eigenvalue weighted by Gasteiger charge is 2.17. The molecular formula is C23H20N2O2S. The van der Waals surface area contributed by atoms with Crippen LogP contribution in [0.2, 0.25) is 0 Å². The van der Waals surface area contributed by atoms with Crippen molar-refractivity contribution in [1.29, 1.82) is 0 Å². The second kappa shape index (κ2) is 8.31. The number of thioether (sulfide) groups is 1. The molecule has 0 radical (unpaired) electrons. The van der Waals surface area contributed by atoms with Crippen LogP contribution in [0.3, 0.4) is 0 Å². The van der Waals surface area contributed by atoms with Crippen molar-refractivity contribution in [3.05, 3.63) is 89.5 Å². The van der Waals surface area contributed by atoms with Gasteiger partial charge in [-0.15, -0.1) is 11.8 Å². The average Bonchev–Trinajstić information content (AvgIpc) is 2.73. The molecule has 0 saturated heterocycles. The van der Waals surface area contributed by atoms with Crippen molar-refractivity contribution in [2.75, 3.05) is 16.4 Å². The summed E-state index contributed by atoms with van der Waals surface area (Å²) in [6.07, 6.45) is 1.68. The summed E-state index contributed by atoms with van der Waals surface area (Å²) in [6, 6.07) is 23.6. The van der Waals surface area contributed by atoms with Gasteiger partial charge in [0, 0.05) is 16.1 Å². The number of aryl methyl sites for hydroxylation is 2. The molecule has 0 bridgehead atoms. The second-order valence-corrected chi connectivity index (χ2v) is 7.66. The molecule has 0 aliphatic carbocycles. The number of anilines is 2. The molecule has 3 aromatic rings. The quantitative estimate of drug-likeness (QED) is 0.662. The molecular weight excluding hydrogens is 368 g/mol. The van der Waals surface area contributed by atoms with Crippen molar-refractivity contribution in [2.24, 2.45) is 0 Å². The van der Waals surface area contributed by atoms with E-state index in [1.54, 1.807) is 0 Å². The third-order valence-corrected chi connectivity index (χ3v) is 5.73. The minimum absolute atomic E-state index is 0.0211. The fourth-order valence-corrected chi connectivity index (χ4v) is 4.03. The number of hydrogen-bond acceptors (Lipinski definition) is 3. The molecule has 28 heavy (non-hydrogen) atoms. The van der Waals surface area contributed by atoms with Crippen LogP contribution in [0.5, 0.6) is 0 Å². The Morgan fingerprint density at radius 2 is 1.75 bits per heavy atom. The van der Waals surface area contributed by atoms with Gasteiger partial charge in [0.2, 0.25) is 5.91 Å². The van der Waals surface area contributed by atoms with Gasteiger partial charge in [-0.1, -0.05) is 48.5 Å². The van der Waals surface area contributed by atoms with Gasteiger partial charge in [-0.25, -0.2) is 0 Å². The first-order chi connectivity index (χ1) is 13.7. The zero-order valence-corrected chi connectivity index (χ0v) is 16.1. The number of benzene rings is 3. The summed E-state index contributed by atoms with van der Waals surface area (Å²) in [7, 11) is 0.